The summed E-state index contributed by atoms with van der Waals surface area (Å²) in [5.41, 5.74) is 0.0274. The maximum atomic E-state index is 11.3. The minimum atomic E-state index is 0.0274. The van der Waals surface area contributed by atoms with Gasteiger partial charge in [-0.1, -0.05) is 13.3 Å². The van der Waals surface area contributed by atoms with Crippen molar-refractivity contribution in [3.63, 3.8) is 0 Å². The second-order valence-electron chi connectivity index (χ2n) is 4.12. The number of carbonyl (C=O) groups excluding carboxylic acids is 1. The Labute approximate surface area is 79.7 Å². The van der Waals surface area contributed by atoms with Crippen molar-refractivity contribution in [1.29, 1.82) is 0 Å². The Morgan fingerprint density at radius 1 is 1.54 bits per heavy atom. The van der Waals surface area contributed by atoms with Gasteiger partial charge in [-0.2, -0.15) is 0 Å². The zero-order chi connectivity index (χ0) is 9.90. The molecule has 0 saturated heterocycles. The Morgan fingerprint density at radius 2 is 2.15 bits per heavy atom. The Bertz CT molecular complexity index is 182. The van der Waals surface area contributed by atoms with Crippen LogP contribution in [0.15, 0.2) is 0 Å². The first-order chi connectivity index (χ1) is 6.13. The molecule has 1 N–H and O–H groups in total. The molecule has 1 aliphatic rings. The van der Waals surface area contributed by atoms with Crippen LogP contribution in [0.3, 0.4) is 0 Å². The average Bonchev–Trinajstić information content (AvgIpc) is 2.09. The Kier molecular flexibility index (Phi) is 3.31. The molecule has 1 amide bonds. The molecule has 0 unspecified atom stereocenters. The molecule has 13 heavy (non-hydrogen) atoms. The highest BCUT2D eigenvalue weighted by molar-refractivity contribution is 5.75. The van der Waals surface area contributed by atoms with Crippen LogP contribution in [0.1, 0.15) is 32.6 Å². The summed E-state index contributed by atoms with van der Waals surface area (Å²) >= 11 is 0. The maximum absolute atomic E-state index is 11.3. The lowest BCUT2D eigenvalue weighted by atomic mass is 9.69. The molecular formula is C10H19NO2. The molecular weight excluding hydrogens is 166 g/mol. The van der Waals surface area contributed by atoms with E-state index >= 15 is 0 Å². The molecule has 0 aromatic rings. The van der Waals surface area contributed by atoms with Gasteiger partial charge in [-0.3, -0.25) is 4.79 Å². The van der Waals surface area contributed by atoms with Gasteiger partial charge in [0.2, 0.25) is 5.91 Å². The van der Waals surface area contributed by atoms with Gasteiger partial charge in [0.25, 0.3) is 0 Å². The predicted molar refractivity (Wildman–Crippen MR) is 51.3 cm³/mol. The Morgan fingerprint density at radius 3 is 2.46 bits per heavy atom. The molecule has 0 bridgehead atoms. The van der Waals surface area contributed by atoms with Crippen LogP contribution in [-0.4, -0.2) is 36.1 Å². The second kappa shape index (κ2) is 4.09. The number of hydrogen-bond donors (Lipinski definition) is 1. The van der Waals surface area contributed by atoms with Crippen molar-refractivity contribution >= 4 is 5.91 Å². The fourth-order valence-electron chi connectivity index (χ4n) is 1.90. The standard InChI is InChI=1S/C10H19NO2/c1-3-9(13)11(2)7-10(8-12)5-4-6-10/h12H,3-8H2,1-2H3. The lowest BCUT2D eigenvalue weighted by Gasteiger charge is -2.42. The van der Waals surface area contributed by atoms with Crippen LogP contribution in [0.4, 0.5) is 0 Å². The van der Waals surface area contributed by atoms with E-state index in [2.05, 4.69) is 0 Å². The first-order valence-corrected chi connectivity index (χ1v) is 4.98. The van der Waals surface area contributed by atoms with E-state index in [-0.39, 0.29) is 17.9 Å². The summed E-state index contributed by atoms with van der Waals surface area (Å²) in [6, 6.07) is 0. The first kappa shape index (κ1) is 10.5. The predicted octanol–water partition coefficient (Wildman–Crippen LogP) is 1.02. The first-order valence-electron chi connectivity index (χ1n) is 4.98. The van der Waals surface area contributed by atoms with Crippen LogP contribution in [0.25, 0.3) is 0 Å². The number of amides is 1. The highest BCUT2D eigenvalue weighted by atomic mass is 16.3. The summed E-state index contributed by atoms with van der Waals surface area (Å²) < 4.78 is 0. The van der Waals surface area contributed by atoms with E-state index in [0.717, 1.165) is 19.4 Å². The van der Waals surface area contributed by atoms with E-state index in [1.165, 1.54) is 6.42 Å². The van der Waals surface area contributed by atoms with Crippen LogP contribution in [0, 0.1) is 5.41 Å². The summed E-state index contributed by atoms with van der Waals surface area (Å²) in [5.74, 6) is 0.166. The van der Waals surface area contributed by atoms with Gasteiger partial charge in [-0.15, -0.1) is 0 Å². The zero-order valence-electron chi connectivity index (χ0n) is 8.55. The van der Waals surface area contributed by atoms with E-state index in [1.807, 2.05) is 14.0 Å². The topological polar surface area (TPSA) is 40.5 Å². The average molecular weight is 185 g/mol. The van der Waals surface area contributed by atoms with E-state index in [9.17, 15) is 9.90 Å². The normalized spacial score (nSPS) is 19.3. The molecule has 0 radical (unpaired) electrons. The minimum absolute atomic E-state index is 0.0274. The van der Waals surface area contributed by atoms with Crippen LogP contribution < -0.4 is 0 Å². The molecule has 0 atom stereocenters. The molecule has 0 aromatic heterocycles. The van der Waals surface area contributed by atoms with Crippen LogP contribution >= 0.6 is 0 Å². The number of nitrogens with zero attached hydrogens (tertiary/aromatic N) is 1. The molecule has 3 heteroatoms. The Hall–Kier alpha value is -0.570. The zero-order valence-corrected chi connectivity index (χ0v) is 8.55. The minimum Gasteiger partial charge on any atom is -0.396 e. The van der Waals surface area contributed by atoms with Gasteiger partial charge in [0.05, 0.1) is 6.61 Å². The summed E-state index contributed by atoms with van der Waals surface area (Å²) in [6.45, 7) is 2.80. The number of hydrogen-bond acceptors (Lipinski definition) is 2. The quantitative estimate of drug-likeness (QED) is 0.710. The molecule has 0 aromatic carbocycles. The van der Waals surface area contributed by atoms with Gasteiger partial charge in [0.1, 0.15) is 0 Å². The molecule has 0 spiro atoms. The van der Waals surface area contributed by atoms with Crippen molar-refractivity contribution in [2.24, 2.45) is 5.41 Å². The van der Waals surface area contributed by atoms with Gasteiger partial charge < -0.3 is 10.0 Å². The number of aliphatic hydroxyl groups is 1. The number of rotatable bonds is 4. The maximum Gasteiger partial charge on any atom is 0.222 e. The highest BCUT2D eigenvalue weighted by Crippen LogP contribution is 2.40. The van der Waals surface area contributed by atoms with Crippen molar-refractivity contribution in [3.8, 4) is 0 Å². The van der Waals surface area contributed by atoms with Gasteiger partial charge >= 0.3 is 0 Å². The van der Waals surface area contributed by atoms with E-state index in [1.54, 1.807) is 4.90 Å². The van der Waals surface area contributed by atoms with Gasteiger partial charge in [-0.05, 0) is 12.8 Å². The van der Waals surface area contributed by atoms with Crippen molar-refractivity contribution in [1.82, 2.24) is 4.90 Å². The van der Waals surface area contributed by atoms with E-state index < -0.39 is 0 Å². The molecule has 0 heterocycles. The second-order valence-corrected chi connectivity index (χ2v) is 4.12. The van der Waals surface area contributed by atoms with Crippen LogP contribution in [-0.2, 0) is 4.79 Å². The van der Waals surface area contributed by atoms with Crippen LogP contribution in [0.2, 0.25) is 0 Å². The van der Waals surface area contributed by atoms with Gasteiger partial charge in [0, 0.05) is 25.4 Å². The summed E-state index contributed by atoms with van der Waals surface area (Å²) in [5, 5.41) is 9.20. The summed E-state index contributed by atoms with van der Waals surface area (Å²) in [6.07, 6.45) is 3.86. The van der Waals surface area contributed by atoms with Crippen molar-refractivity contribution < 1.29 is 9.90 Å². The molecule has 1 aliphatic carbocycles. The molecule has 1 fully saturated rings. The fraction of sp³-hybridized carbons (Fsp3) is 0.900. The third-order valence-electron chi connectivity index (χ3n) is 3.05. The molecule has 0 aliphatic heterocycles. The third kappa shape index (κ3) is 2.21. The molecule has 1 saturated carbocycles. The monoisotopic (exact) mass is 185 g/mol. The summed E-state index contributed by atoms with van der Waals surface area (Å²) in [4.78, 5) is 13.0. The largest absolute Gasteiger partial charge is 0.396 e. The van der Waals surface area contributed by atoms with E-state index in [0.29, 0.717) is 6.42 Å². The van der Waals surface area contributed by atoms with Crippen molar-refractivity contribution in [2.75, 3.05) is 20.2 Å². The number of aliphatic hydroxyl groups excluding tert-OH is 1. The fourth-order valence-corrected chi connectivity index (χ4v) is 1.90. The van der Waals surface area contributed by atoms with Gasteiger partial charge in [0.15, 0.2) is 0 Å². The van der Waals surface area contributed by atoms with Crippen molar-refractivity contribution in [3.05, 3.63) is 0 Å². The van der Waals surface area contributed by atoms with Gasteiger partial charge in [-0.25, -0.2) is 0 Å². The van der Waals surface area contributed by atoms with Crippen molar-refractivity contribution in [2.45, 2.75) is 32.6 Å². The lowest BCUT2D eigenvalue weighted by molar-refractivity contribution is -0.132. The summed E-state index contributed by atoms with van der Waals surface area (Å²) in [7, 11) is 1.82. The SMILES string of the molecule is CCC(=O)N(C)CC1(CO)CCC1. The molecule has 76 valence electrons. The smallest absolute Gasteiger partial charge is 0.222 e. The lowest BCUT2D eigenvalue weighted by Crippen LogP contribution is -2.45. The molecule has 3 nitrogen and oxygen atoms in total. The number of carbonyl (C=O) groups is 1. The van der Waals surface area contributed by atoms with E-state index in [4.69, 9.17) is 0 Å². The third-order valence-corrected chi connectivity index (χ3v) is 3.05. The molecule has 1 rings (SSSR count). The van der Waals surface area contributed by atoms with Crippen LogP contribution in [0.5, 0.6) is 0 Å². The highest BCUT2D eigenvalue weighted by Gasteiger charge is 2.37. The Balaban J connectivity index is 2.42.